The summed E-state index contributed by atoms with van der Waals surface area (Å²) in [5, 5.41) is 0. The van der Waals surface area contributed by atoms with Gasteiger partial charge in [0.15, 0.2) is 0 Å². The standard InChI is InChI=1S/C12H20N2O2/c1-10(12(16)14-6-2-3-7-14)13-8-4-11(15)5-9-13/h10H,2-9H2,1H3. The SMILES string of the molecule is CC(C(=O)N1CCCC1)N1CCC(=O)CC1. The lowest BCUT2D eigenvalue weighted by Crippen LogP contribution is -2.49. The van der Waals surface area contributed by atoms with Crippen LogP contribution in [0.3, 0.4) is 0 Å². The average Bonchev–Trinajstić information content (AvgIpc) is 2.81. The molecule has 0 spiro atoms. The van der Waals surface area contributed by atoms with Gasteiger partial charge in [0.25, 0.3) is 0 Å². The average molecular weight is 224 g/mol. The molecule has 0 aromatic rings. The van der Waals surface area contributed by atoms with Crippen molar-refractivity contribution in [2.45, 2.75) is 38.6 Å². The predicted octanol–water partition coefficient (Wildman–Crippen LogP) is 0.662. The highest BCUT2D eigenvalue weighted by atomic mass is 16.2. The number of carbonyl (C=O) groups excluding carboxylic acids is 2. The molecule has 90 valence electrons. The van der Waals surface area contributed by atoms with Crippen molar-refractivity contribution < 1.29 is 9.59 Å². The van der Waals surface area contributed by atoms with Crippen LogP contribution in [0.5, 0.6) is 0 Å². The number of ketones is 1. The number of Topliss-reactive ketones (excluding diaryl/α,β-unsaturated/α-hetero) is 1. The molecular formula is C12H20N2O2. The molecule has 2 rings (SSSR count). The van der Waals surface area contributed by atoms with Gasteiger partial charge in [-0.15, -0.1) is 0 Å². The number of amides is 1. The van der Waals surface area contributed by atoms with E-state index in [-0.39, 0.29) is 11.9 Å². The normalized spacial score (nSPS) is 24.8. The molecule has 0 bridgehead atoms. The number of piperidine rings is 1. The predicted molar refractivity (Wildman–Crippen MR) is 61.1 cm³/mol. The van der Waals surface area contributed by atoms with Crippen molar-refractivity contribution in [3.63, 3.8) is 0 Å². The minimum absolute atomic E-state index is 0.0498. The van der Waals surface area contributed by atoms with Gasteiger partial charge in [-0.1, -0.05) is 0 Å². The lowest BCUT2D eigenvalue weighted by molar-refractivity contribution is -0.137. The van der Waals surface area contributed by atoms with Crippen LogP contribution in [0.25, 0.3) is 0 Å². The molecule has 1 amide bonds. The zero-order valence-electron chi connectivity index (χ0n) is 9.95. The molecule has 0 N–H and O–H groups in total. The van der Waals surface area contributed by atoms with Crippen molar-refractivity contribution in [3.05, 3.63) is 0 Å². The topological polar surface area (TPSA) is 40.6 Å². The maximum Gasteiger partial charge on any atom is 0.239 e. The Labute approximate surface area is 96.6 Å². The third-order valence-electron chi connectivity index (χ3n) is 3.68. The van der Waals surface area contributed by atoms with Crippen LogP contribution in [0.4, 0.5) is 0 Å². The van der Waals surface area contributed by atoms with E-state index in [1.807, 2.05) is 11.8 Å². The van der Waals surface area contributed by atoms with Gasteiger partial charge < -0.3 is 4.90 Å². The van der Waals surface area contributed by atoms with E-state index < -0.39 is 0 Å². The Morgan fingerprint density at radius 1 is 1.12 bits per heavy atom. The summed E-state index contributed by atoms with van der Waals surface area (Å²) in [6.45, 7) is 5.29. The number of hydrogen-bond donors (Lipinski definition) is 0. The summed E-state index contributed by atoms with van der Waals surface area (Å²) < 4.78 is 0. The maximum absolute atomic E-state index is 12.1. The molecule has 2 aliphatic rings. The highest BCUT2D eigenvalue weighted by Crippen LogP contribution is 2.15. The molecule has 1 atom stereocenters. The number of rotatable bonds is 2. The first-order valence-corrected chi connectivity index (χ1v) is 6.23. The highest BCUT2D eigenvalue weighted by molar-refractivity contribution is 5.83. The second kappa shape index (κ2) is 4.95. The van der Waals surface area contributed by atoms with Crippen LogP contribution >= 0.6 is 0 Å². The third-order valence-corrected chi connectivity index (χ3v) is 3.68. The molecule has 4 heteroatoms. The summed E-state index contributed by atoms with van der Waals surface area (Å²) in [5.41, 5.74) is 0. The van der Waals surface area contributed by atoms with Gasteiger partial charge in [-0.05, 0) is 19.8 Å². The summed E-state index contributed by atoms with van der Waals surface area (Å²) in [6.07, 6.45) is 3.49. The Morgan fingerprint density at radius 2 is 1.69 bits per heavy atom. The lowest BCUT2D eigenvalue weighted by Gasteiger charge is -2.33. The quantitative estimate of drug-likeness (QED) is 0.692. The summed E-state index contributed by atoms with van der Waals surface area (Å²) in [4.78, 5) is 27.4. The molecular weight excluding hydrogens is 204 g/mol. The fraction of sp³-hybridized carbons (Fsp3) is 0.833. The lowest BCUT2D eigenvalue weighted by atomic mass is 10.1. The molecule has 4 nitrogen and oxygen atoms in total. The van der Waals surface area contributed by atoms with Gasteiger partial charge >= 0.3 is 0 Å². The number of nitrogens with zero attached hydrogens (tertiary/aromatic N) is 2. The van der Waals surface area contributed by atoms with Gasteiger partial charge in [-0.25, -0.2) is 0 Å². The molecule has 0 aliphatic carbocycles. The van der Waals surface area contributed by atoms with Crippen molar-refractivity contribution in [3.8, 4) is 0 Å². The van der Waals surface area contributed by atoms with E-state index in [1.54, 1.807) is 0 Å². The van der Waals surface area contributed by atoms with E-state index >= 15 is 0 Å². The van der Waals surface area contributed by atoms with E-state index in [1.165, 1.54) is 0 Å². The zero-order chi connectivity index (χ0) is 11.5. The van der Waals surface area contributed by atoms with Crippen molar-refractivity contribution in [1.29, 1.82) is 0 Å². The first-order valence-electron chi connectivity index (χ1n) is 6.23. The van der Waals surface area contributed by atoms with Crippen molar-refractivity contribution >= 4 is 11.7 Å². The second-order valence-corrected chi connectivity index (χ2v) is 4.78. The Bertz CT molecular complexity index is 275. The minimum atomic E-state index is -0.0498. The van der Waals surface area contributed by atoms with Gasteiger partial charge in [0, 0.05) is 39.0 Å². The number of likely N-dealkylation sites (tertiary alicyclic amines) is 2. The van der Waals surface area contributed by atoms with Gasteiger partial charge in [-0.3, -0.25) is 14.5 Å². The molecule has 2 fully saturated rings. The van der Waals surface area contributed by atoms with Crippen molar-refractivity contribution in [1.82, 2.24) is 9.80 Å². The van der Waals surface area contributed by atoms with Gasteiger partial charge in [0.1, 0.15) is 5.78 Å². The molecule has 0 saturated carbocycles. The van der Waals surface area contributed by atoms with Crippen LogP contribution in [-0.4, -0.2) is 53.7 Å². The van der Waals surface area contributed by atoms with E-state index in [2.05, 4.69) is 4.90 Å². The first-order chi connectivity index (χ1) is 7.68. The third kappa shape index (κ3) is 2.43. The zero-order valence-corrected chi connectivity index (χ0v) is 9.95. The van der Waals surface area contributed by atoms with Crippen LogP contribution in [-0.2, 0) is 9.59 Å². The smallest absolute Gasteiger partial charge is 0.239 e. The molecule has 1 unspecified atom stereocenters. The van der Waals surface area contributed by atoms with Gasteiger partial charge in [0.2, 0.25) is 5.91 Å². The monoisotopic (exact) mass is 224 g/mol. The summed E-state index contributed by atoms with van der Waals surface area (Å²) in [6, 6.07) is -0.0498. The Morgan fingerprint density at radius 3 is 2.25 bits per heavy atom. The molecule has 16 heavy (non-hydrogen) atoms. The van der Waals surface area contributed by atoms with Gasteiger partial charge in [0.05, 0.1) is 6.04 Å². The van der Waals surface area contributed by atoms with E-state index in [4.69, 9.17) is 0 Å². The maximum atomic E-state index is 12.1. The van der Waals surface area contributed by atoms with Crippen LogP contribution in [0.2, 0.25) is 0 Å². The highest BCUT2D eigenvalue weighted by Gasteiger charge is 2.29. The Balaban J connectivity index is 1.88. The minimum Gasteiger partial charge on any atom is -0.341 e. The molecule has 0 radical (unpaired) electrons. The molecule has 2 heterocycles. The fourth-order valence-corrected chi connectivity index (χ4v) is 2.52. The Hall–Kier alpha value is -0.900. The van der Waals surface area contributed by atoms with Crippen LogP contribution in [0.1, 0.15) is 32.6 Å². The largest absolute Gasteiger partial charge is 0.341 e. The first kappa shape index (κ1) is 11.6. The van der Waals surface area contributed by atoms with Crippen LogP contribution in [0.15, 0.2) is 0 Å². The Kier molecular flexibility index (Phi) is 3.59. The van der Waals surface area contributed by atoms with Crippen molar-refractivity contribution in [2.75, 3.05) is 26.2 Å². The summed E-state index contributed by atoms with van der Waals surface area (Å²) in [7, 11) is 0. The van der Waals surface area contributed by atoms with E-state index in [0.717, 1.165) is 39.0 Å². The fourth-order valence-electron chi connectivity index (χ4n) is 2.52. The van der Waals surface area contributed by atoms with Crippen molar-refractivity contribution in [2.24, 2.45) is 0 Å². The van der Waals surface area contributed by atoms with Crippen LogP contribution < -0.4 is 0 Å². The number of hydrogen-bond acceptors (Lipinski definition) is 3. The molecule has 2 saturated heterocycles. The van der Waals surface area contributed by atoms with E-state index in [0.29, 0.717) is 18.6 Å². The second-order valence-electron chi connectivity index (χ2n) is 4.78. The van der Waals surface area contributed by atoms with Crippen LogP contribution in [0, 0.1) is 0 Å². The van der Waals surface area contributed by atoms with E-state index in [9.17, 15) is 9.59 Å². The van der Waals surface area contributed by atoms with Gasteiger partial charge in [-0.2, -0.15) is 0 Å². The number of carbonyl (C=O) groups is 2. The molecule has 0 aromatic heterocycles. The molecule has 0 aromatic carbocycles. The molecule has 2 aliphatic heterocycles. The summed E-state index contributed by atoms with van der Waals surface area (Å²) >= 11 is 0. The summed E-state index contributed by atoms with van der Waals surface area (Å²) in [5.74, 6) is 0.573.